The molecule has 4 N–H and O–H groups in total. The zero-order valence-corrected chi connectivity index (χ0v) is 29.3. The van der Waals surface area contributed by atoms with Crippen molar-refractivity contribution in [2.24, 2.45) is 29.1 Å². The maximum Gasteiger partial charge on any atom is 0.254 e. The van der Waals surface area contributed by atoms with Gasteiger partial charge in [-0.1, -0.05) is 80.6 Å². The zero-order valence-electron chi connectivity index (χ0n) is 29.3. The topological polar surface area (TPSA) is 101 Å². The summed E-state index contributed by atoms with van der Waals surface area (Å²) in [6.45, 7) is 11.4. The molecule has 0 bridgehead atoms. The van der Waals surface area contributed by atoms with E-state index in [-0.39, 0.29) is 29.9 Å². The Bertz CT molecular complexity index is 1560. The monoisotopic (exact) mass is 655 g/mol. The zero-order chi connectivity index (χ0) is 34.2. The van der Waals surface area contributed by atoms with Crippen LogP contribution in [0.5, 0.6) is 0 Å². The van der Waals surface area contributed by atoms with Crippen LogP contribution in [0, 0.1) is 29.1 Å². The minimum Gasteiger partial charge on any atom is -0.396 e. The Morgan fingerprint density at radius 1 is 1.08 bits per heavy atom. The number of allylic oxidation sites excluding steroid dienone is 3. The molecule has 6 rings (SSSR count). The molecule has 48 heavy (non-hydrogen) atoms. The van der Waals surface area contributed by atoms with Crippen LogP contribution in [0.3, 0.4) is 0 Å². The molecule has 2 unspecified atom stereocenters. The van der Waals surface area contributed by atoms with E-state index in [1.165, 1.54) is 34.8 Å². The first-order valence-electron chi connectivity index (χ1n) is 18.5. The van der Waals surface area contributed by atoms with Gasteiger partial charge in [0.2, 0.25) is 0 Å². The SMILES string of the molecule is C=C1/C(=C\C=C2/CCC[C@]3(C)[C@@H]([C@H](C)CC4CC(C)(O)C(=O)N4CCc4ccc5ccccc5c4)CC[C@@H]23)C[C@@H](O)[C@H](CCCO)[C@@H]1O. The van der Waals surface area contributed by atoms with Crippen molar-refractivity contribution < 1.29 is 25.2 Å². The van der Waals surface area contributed by atoms with Crippen LogP contribution in [-0.2, 0) is 11.2 Å². The fraction of sp³-hybridized carbons (Fsp3) is 0.595. The van der Waals surface area contributed by atoms with E-state index in [1.807, 2.05) is 4.90 Å². The molecule has 9 atom stereocenters. The normalized spacial score (nSPS) is 36.4. The maximum absolute atomic E-state index is 13.5. The van der Waals surface area contributed by atoms with Crippen LogP contribution in [0.25, 0.3) is 10.8 Å². The number of fused-ring (bicyclic) bond motifs is 2. The molecule has 1 saturated heterocycles. The van der Waals surface area contributed by atoms with Gasteiger partial charge < -0.3 is 25.3 Å². The van der Waals surface area contributed by atoms with E-state index in [2.05, 4.69) is 75.0 Å². The van der Waals surface area contributed by atoms with Gasteiger partial charge in [-0.05, 0) is 122 Å². The largest absolute Gasteiger partial charge is 0.396 e. The van der Waals surface area contributed by atoms with Crippen molar-refractivity contribution in [2.45, 2.75) is 115 Å². The lowest BCUT2D eigenvalue weighted by Crippen LogP contribution is -2.41. The van der Waals surface area contributed by atoms with E-state index in [1.54, 1.807) is 6.92 Å². The summed E-state index contributed by atoms with van der Waals surface area (Å²) in [5, 5.41) is 44.5. The smallest absolute Gasteiger partial charge is 0.254 e. The Labute approximate surface area is 287 Å². The van der Waals surface area contributed by atoms with Gasteiger partial charge in [0, 0.05) is 31.5 Å². The molecule has 4 fully saturated rings. The van der Waals surface area contributed by atoms with Crippen molar-refractivity contribution in [1.82, 2.24) is 4.90 Å². The van der Waals surface area contributed by atoms with Gasteiger partial charge in [0.15, 0.2) is 0 Å². The molecule has 2 aromatic carbocycles. The molecule has 3 aliphatic carbocycles. The Hall–Kier alpha value is -2.77. The van der Waals surface area contributed by atoms with Gasteiger partial charge in [-0.15, -0.1) is 0 Å². The number of hydrogen-bond donors (Lipinski definition) is 4. The molecule has 2 aromatic rings. The van der Waals surface area contributed by atoms with Crippen molar-refractivity contribution in [3.63, 3.8) is 0 Å². The highest BCUT2D eigenvalue weighted by molar-refractivity contribution is 5.87. The van der Waals surface area contributed by atoms with Crippen LogP contribution >= 0.6 is 0 Å². The second-order valence-corrected chi connectivity index (χ2v) is 16.1. The summed E-state index contributed by atoms with van der Waals surface area (Å²) < 4.78 is 0. The lowest BCUT2D eigenvalue weighted by molar-refractivity contribution is -0.142. The number of hydrogen-bond acceptors (Lipinski definition) is 5. The van der Waals surface area contributed by atoms with Crippen molar-refractivity contribution in [3.05, 3.63) is 83.5 Å². The first-order valence-corrected chi connectivity index (χ1v) is 18.5. The third-order valence-electron chi connectivity index (χ3n) is 12.9. The van der Waals surface area contributed by atoms with Gasteiger partial charge in [-0.25, -0.2) is 0 Å². The van der Waals surface area contributed by atoms with E-state index >= 15 is 0 Å². The Balaban J connectivity index is 1.13. The predicted octanol–water partition coefficient (Wildman–Crippen LogP) is 6.90. The van der Waals surface area contributed by atoms with Crippen molar-refractivity contribution >= 4 is 16.7 Å². The lowest BCUT2D eigenvalue weighted by Gasteiger charge is -2.45. The first-order chi connectivity index (χ1) is 22.9. The summed E-state index contributed by atoms with van der Waals surface area (Å²) in [7, 11) is 0. The molecule has 0 aromatic heterocycles. The minimum atomic E-state index is -1.31. The van der Waals surface area contributed by atoms with Crippen molar-refractivity contribution in [2.75, 3.05) is 13.2 Å². The third-order valence-corrected chi connectivity index (χ3v) is 12.9. The average molecular weight is 656 g/mol. The second kappa shape index (κ2) is 14.2. The number of amides is 1. The highest BCUT2D eigenvalue weighted by Crippen LogP contribution is 2.60. The van der Waals surface area contributed by atoms with Gasteiger partial charge in [-0.3, -0.25) is 4.79 Å². The standard InChI is InChI=1S/C42H57NO5/c1-27(23-34-26-42(4,48)40(47)43(34)21-19-29-13-14-30-9-5-6-10-33(30)24-29)36-17-18-37-31(11-7-20-41(36,37)3)15-16-32-25-38(45)35(12-8-22-44)39(46)28(32)2/h5-6,9-10,13-16,24,27,34-39,44-46,48H,2,7-8,11-12,17-23,25-26H2,1,3-4H3/b31-15+,32-16-/t27-,34?,35+,36-,37+,38-,39-,41-,42?/m1/s1. The number of aliphatic hydroxyl groups is 4. The Morgan fingerprint density at radius 3 is 2.62 bits per heavy atom. The number of nitrogens with zero attached hydrogens (tertiary/aromatic N) is 1. The fourth-order valence-electron chi connectivity index (χ4n) is 10.3. The summed E-state index contributed by atoms with van der Waals surface area (Å²) in [5.41, 5.74) is 3.18. The van der Waals surface area contributed by atoms with Crippen LogP contribution in [0.2, 0.25) is 0 Å². The predicted molar refractivity (Wildman–Crippen MR) is 192 cm³/mol. The Kier molecular flexibility index (Phi) is 10.4. The molecule has 0 radical (unpaired) electrons. The van der Waals surface area contributed by atoms with Gasteiger partial charge in [0.1, 0.15) is 5.60 Å². The molecule has 260 valence electrons. The number of aliphatic hydroxyl groups excluding tert-OH is 3. The van der Waals surface area contributed by atoms with Gasteiger partial charge >= 0.3 is 0 Å². The van der Waals surface area contributed by atoms with Crippen molar-refractivity contribution in [1.29, 1.82) is 0 Å². The van der Waals surface area contributed by atoms with E-state index < -0.39 is 17.8 Å². The van der Waals surface area contributed by atoms with Crippen LogP contribution in [0.4, 0.5) is 0 Å². The molecule has 0 spiro atoms. The molecule has 6 nitrogen and oxygen atoms in total. The maximum atomic E-state index is 13.5. The molecule has 1 aliphatic heterocycles. The highest BCUT2D eigenvalue weighted by Gasteiger charge is 2.53. The van der Waals surface area contributed by atoms with Crippen LogP contribution in [-0.4, -0.2) is 68.2 Å². The molecule has 1 heterocycles. The number of carbonyl (C=O) groups is 1. The third kappa shape index (κ3) is 6.83. The van der Waals surface area contributed by atoms with Gasteiger partial charge in [0.25, 0.3) is 5.91 Å². The van der Waals surface area contributed by atoms with E-state index in [0.717, 1.165) is 37.7 Å². The summed E-state index contributed by atoms with van der Waals surface area (Å²) in [6.07, 6.45) is 12.5. The van der Waals surface area contributed by atoms with E-state index in [0.29, 0.717) is 55.6 Å². The van der Waals surface area contributed by atoms with E-state index in [4.69, 9.17) is 0 Å². The molecule has 4 aliphatic rings. The Morgan fingerprint density at radius 2 is 1.85 bits per heavy atom. The summed E-state index contributed by atoms with van der Waals surface area (Å²) >= 11 is 0. The van der Waals surface area contributed by atoms with Gasteiger partial charge in [0.05, 0.1) is 12.2 Å². The molecule has 3 saturated carbocycles. The minimum absolute atomic E-state index is 0.0327. The molecular formula is C42H57NO5. The van der Waals surface area contributed by atoms with Gasteiger partial charge in [-0.2, -0.15) is 0 Å². The molecule has 6 heteroatoms. The molecule has 1 amide bonds. The number of rotatable bonds is 10. The number of benzene rings is 2. The van der Waals surface area contributed by atoms with Crippen LogP contribution in [0.15, 0.2) is 77.9 Å². The molecular weight excluding hydrogens is 598 g/mol. The summed E-state index contributed by atoms with van der Waals surface area (Å²) in [5.74, 6) is 1.05. The lowest BCUT2D eigenvalue weighted by atomic mass is 9.60. The highest BCUT2D eigenvalue weighted by atomic mass is 16.3. The van der Waals surface area contributed by atoms with E-state index in [9.17, 15) is 25.2 Å². The average Bonchev–Trinajstić information content (AvgIpc) is 3.52. The van der Waals surface area contributed by atoms with Crippen LogP contribution in [0.1, 0.15) is 90.5 Å². The van der Waals surface area contributed by atoms with Crippen LogP contribution < -0.4 is 0 Å². The summed E-state index contributed by atoms with van der Waals surface area (Å²) in [4.78, 5) is 15.4. The fourth-order valence-corrected chi connectivity index (χ4v) is 10.3. The first kappa shape index (κ1) is 35.1. The quantitative estimate of drug-likeness (QED) is 0.223. The number of carbonyl (C=O) groups excluding carboxylic acids is 1. The summed E-state index contributed by atoms with van der Waals surface area (Å²) in [6, 6.07) is 14.9. The second-order valence-electron chi connectivity index (χ2n) is 16.1. The van der Waals surface area contributed by atoms with Crippen molar-refractivity contribution in [3.8, 4) is 0 Å². The number of likely N-dealkylation sites (tertiary alicyclic amines) is 1.